The first-order chi connectivity index (χ1) is 10.6. The summed E-state index contributed by atoms with van der Waals surface area (Å²) in [5, 5.41) is -0.549. The number of ether oxygens (including phenoxy) is 1. The molecular weight excluding hydrogens is 300 g/mol. The maximum Gasteiger partial charge on any atom is 0.257 e. The molecule has 0 radical (unpaired) electrons. The maximum atomic E-state index is 11.7. The summed E-state index contributed by atoms with van der Waals surface area (Å²) in [7, 11) is 2.04. The number of nitrogens with zero attached hydrogens (tertiary/aromatic N) is 2. The summed E-state index contributed by atoms with van der Waals surface area (Å²) in [6.07, 6.45) is 2.69. The van der Waals surface area contributed by atoms with Crippen LogP contribution in [-0.2, 0) is 0 Å². The normalized spacial score (nSPS) is 18.4. The van der Waals surface area contributed by atoms with E-state index in [1.165, 1.54) is 0 Å². The Labute approximate surface area is 134 Å². The average Bonchev–Trinajstić information content (AvgIpc) is 2.93. The quantitative estimate of drug-likeness (QED) is 0.812. The van der Waals surface area contributed by atoms with E-state index in [1.807, 2.05) is 37.4 Å². The Balaban J connectivity index is 1.89. The fourth-order valence-corrected chi connectivity index (χ4v) is 2.76. The van der Waals surface area contributed by atoms with E-state index in [-0.39, 0.29) is 6.10 Å². The zero-order chi connectivity index (χ0) is 15.5. The first kappa shape index (κ1) is 15.0. The standard InChI is InChI=1S/C17H17ClN2O2/c1-20-8-7-14(11-20)22-17-15(16(18)21)9-13(10-19-17)12-5-3-2-4-6-12/h2-6,9-10,14H,7-8,11H2,1H3. The van der Waals surface area contributed by atoms with Crippen LogP contribution in [-0.4, -0.2) is 41.4 Å². The van der Waals surface area contributed by atoms with Crippen LogP contribution in [0.2, 0.25) is 0 Å². The van der Waals surface area contributed by atoms with E-state index in [1.54, 1.807) is 12.3 Å². The molecule has 114 valence electrons. The van der Waals surface area contributed by atoms with Crippen molar-refractivity contribution in [3.8, 4) is 17.0 Å². The number of benzene rings is 1. The number of pyridine rings is 1. The number of carbonyl (C=O) groups is 1. The molecule has 0 N–H and O–H groups in total. The van der Waals surface area contributed by atoms with Gasteiger partial charge in [0.2, 0.25) is 5.88 Å². The fraction of sp³-hybridized carbons (Fsp3) is 0.294. The summed E-state index contributed by atoms with van der Waals surface area (Å²) in [6.45, 7) is 1.81. The van der Waals surface area contributed by atoms with Crippen LogP contribution >= 0.6 is 11.6 Å². The topological polar surface area (TPSA) is 42.4 Å². The minimum absolute atomic E-state index is 0.0508. The van der Waals surface area contributed by atoms with Crippen LogP contribution in [0, 0.1) is 0 Å². The van der Waals surface area contributed by atoms with E-state index >= 15 is 0 Å². The second-order valence-electron chi connectivity index (χ2n) is 5.51. The SMILES string of the molecule is CN1CCC(Oc2ncc(-c3ccccc3)cc2C(=O)Cl)C1. The lowest BCUT2D eigenvalue weighted by Crippen LogP contribution is -2.22. The van der Waals surface area contributed by atoms with Gasteiger partial charge in [-0.3, -0.25) is 4.79 Å². The average molecular weight is 317 g/mol. The van der Waals surface area contributed by atoms with Crippen LogP contribution in [0.5, 0.6) is 5.88 Å². The molecule has 1 saturated heterocycles. The van der Waals surface area contributed by atoms with Crippen LogP contribution in [0.3, 0.4) is 0 Å². The molecule has 1 aliphatic rings. The fourth-order valence-electron chi connectivity index (χ4n) is 2.62. The van der Waals surface area contributed by atoms with Crippen LogP contribution in [0.15, 0.2) is 42.6 Å². The lowest BCUT2D eigenvalue weighted by atomic mass is 10.1. The van der Waals surface area contributed by atoms with E-state index in [0.29, 0.717) is 11.4 Å². The van der Waals surface area contributed by atoms with E-state index in [0.717, 1.165) is 30.6 Å². The summed E-state index contributed by atoms with van der Waals surface area (Å²) >= 11 is 5.71. The molecule has 1 aromatic heterocycles. The molecule has 1 atom stereocenters. The molecule has 0 saturated carbocycles. The Bertz CT molecular complexity index is 676. The lowest BCUT2D eigenvalue weighted by molar-refractivity contribution is 0.107. The molecule has 5 heteroatoms. The molecule has 0 aliphatic carbocycles. The van der Waals surface area contributed by atoms with Crippen molar-refractivity contribution in [3.63, 3.8) is 0 Å². The van der Waals surface area contributed by atoms with Crippen LogP contribution in [0.4, 0.5) is 0 Å². The third kappa shape index (κ3) is 3.29. The molecule has 0 spiro atoms. The molecule has 2 aromatic rings. The first-order valence-electron chi connectivity index (χ1n) is 7.24. The highest BCUT2D eigenvalue weighted by Crippen LogP contribution is 2.27. The molecule has 22 heavy (non-hydrogen) atoms. The molecule has 1 unspecified atom stereocenters. The lowest BCUT2D eigenvalue weighted by Gasteiger charge is -2.15. The molecule has 0 amide bonds. The Kier molecular flexibility index (Phi) is 4.41. The van der Waals surface area contributed by atoms with Gasteiger partial charge < -0.3 is 9.64 Å². The second-order valence-corrected chi connectivity index (χ2v) is 5.85. The summed E-state index contributed by atoms with van der Waals surface area (Å²) < 4.78 is 5.87. The minimum Gasteiger partial charge on any atom is -0.472 e. The van der Waals surface area contributed by atoms with Crippen LogP contribution in [0.1, 0.15) is 16.8 Å². The van der Waals surface area contributed by atoms with Crippen LogP contribution < -0.4 is 4.74 Å². The number of carbonyl (C=O) groups excluding carboxylic acids is 1. The third-order valence-corrected chi connectivity index (χ3v) is 4.00. The van der Waals surface area contributed by atoms with Gasteiger partial charge in [0.1, 0.15) is 6.10 Å². The number of likely N-dealkylation sites (tertiary alicyclic amines) is 1. The zero-order valence-corrected chi connectivity index (χ0v) is 13.1. The zero-order valence-electron chi connectivity index (χ0n) is 12.3. The van der Waals surface area contributed by atoms with Gasteiger partial charge in [-0.25, -0.2) is 4.98 Å². The van der Waals surface area contributed by atoms with Gasteiger partial charge in [0.05, 0.1) is 5.56 Å². The van der Waals surface area contributed by atoms with Crippen molar-refractivity contribution in [2.45, 2.75) is 12.5 Å². The van der Waals surface area contributed by atoms with Gasteiger partial charge in [0.25, 0.3) is 5.24 Å². The predicted molar refractivity (Wildman–Crippen MR) is 86.4 cm³/mol. The Morgan fingerprint density at radius 2 is 2.09 bits per heavy atom. The van der Waals surface area contributed by atoms with E-state index < -0.39 is 5.24 Å². The van der Waals surface area contributed by atoms with Crippen molar-refractivity contribution in [2.75, 3.05) is 20.1 Å². The van der Waals surface area contributed by atoms with Crippen molar-refractivity contribution >= 4 is 16.8 Å². The summed E-state index contributed by atoms with van der Waals surface area (Å²) in [5.74, 6) is 0.319. The van der Waals surface area contributed by atoms with E-state index in [4.69, 9.17) is 16.3 Å². The molecule has 1 aliphatic heterocycles. The van der Waals surface area contributed by atoms with Gasteiger partial charge in [0.15, 0.2) is 0 Å². The Hall–Kier alpha value is -1.91. The number of halogens is 1. The van der Waals surface area contributed by atoms with Gasteiger partial charge in [-0.1, -0.05) is 30.3 Å². The van der Waals surface area contributed by atoms with Crippen molar-refractivity contribution in [1.82, 2.24) is 9.88 Å². The number of hydrogen-bond donors (Lipinski definition) is 0. The molecule has 3 rings (SSSR count). The first-order valence-corrected chi connectivity index (χ1v) is 7.62. The van der Waals surface area contributed by atoms with Gasteiger partial charge in [-0.2, -0.15) is 0 Å². The van der Waals surface area contributed by atoms with E-state index in [9.17, 15) is 4.79 Å². The Morgan fingerprint density at radius 3 is 2.73 bits per heavy atom. The minimum atomic E-state index is -0.549. The number of hydrogen-bond acceptors (Lipinski definition) is 4. The van der Waals surface area contributed by atoms with Gasteiger partial charge in [-0.15, -0.1) is 0 Å². The number of likely N-dealkylation sites (N-methyl/N-ethyl adjacent to an activating group) is 1. The molecule has 4 nitrogen and oxygen atoms in total. The highest BCUT2D eigenvalue weighted by atomic mass is 35.5. The Morgan fingerprint density at radius 1 is 1.32 bits per heavy atom. The summed E-state index contributed by atoms with van der Waals surface area (Å²) in [4.78, 5) is 18.2. The summed E-state index contributed by atoms with van der Waals surface area (Å²) in [5.41, 5.74) is 2.15. The van der Waals surface area contributed by atoms with Crippen molar-refractivity contribution in [2.24, 2.45) is 0 Å². The number of aromatic nitrogens is 1. The van der Waals surface area contributed by atoms with Gasteiger partial charge >= 0.3 is 0 Å². The van der Waals surface area contributed by atoms with E-state index in [2.05, 4.69) is 9.88 Å². The maximum absolute atomic E-state index is 11.7. The monoisotopic (exact) mass is 316 g/mol. The predicted octanol–water partition coefficient (Wildman–Crippen LogP) is 3.21. The largest absolute Gasteiger partial charge is 0.472 e. The number of rotatable bonds is 4. The van der Waals surface area contributed by atoms with Gasteiger partial charge in [-0.05, 0) is 36.7 Å². The molecule has 2 heterocycles. The second kappa shape index (κ2) is 6.46. The molecule has 1 aromatic carbocycles. The summed E-state index contributed by atoms with van der Waals surface area (Å²) in [6, 6.07) is 11.5. The third-order valence-electron chi connectivity index (χ3n) is 3.80. The van der Waals surface area contributed by atoms with Crippen LogP contribution in [0.25, 0.3) is 11.1 Å². The molecule has 0 bridgehead atoms. The van der Waals surface area contributed by atoms with Crippen molar-refractivity contribution in [1.29, 1.82) is 0 Å². The molecule has 1 fully saturated rings. The van der Waals surface area contributed by atoms with Crippen molar-refractivity contribution in [3.05, 3.63) is 48.2 Å². The van der Waals surface area contributed by atoms with Gasteiger partial charge in [0, 0.05) is 24.8 Å². The smallest absolute Gasteiger partial charge is 0.257 e. The highest BCUT2D eigenvalue weighted by molar-refractivity contribution is 6.68. The molecular formula is C17H17ClN2O2. The highest BCUT2D eigenvalue weighted by Gasteiger charge is 2.24. The van der Waals surface area contributed by atoms with Crippen molar-refractivity contribution < 1.29 is 9.53 Å².